The molecular weight excluding hydrogens is 544 g/mol. The fourth-order valence-corrected chi connectivity index (χ4v) is 6.29. The molecule has 2 aromatic carbocycles. The van der Waals surface area contributed by atoms with Crippen LogP contribution in [0.4, 0.5) is 0 Å². The molecule has 2 fully saturated rings. The molecule has 0 spiro atoms. The van der Waals surface area contributed by atoms with Gasteiger partial charge < -0.3 is 58.3 Å². The molecule has 0 bridgehead atoms. The molecule has 13 heteroatoms. The quantitative estimate of drug-likeness (QED) is 0.331. The summed E-state index contributed by atoms with van der Waals surface area (Å²) in [6.07, 6.45) is -8.26. The summed E-state index contributed by atoms with van der Waals surface area (Å²) in [7, 11) is 4.51. The van der Waals surface area contributed by atoms with E-state index in [0.717, 1.165) is 0 Å². The van der Waals surface area contributed by atoms with Gasteiger partial charge in [0, 0.05) is 11.8 Å². The van der Waals surface area contributed by atoms with Crippen LogP contribution >= 0.6 is 0 Å². The number of aliphatic hydroxyl groups excluding tert-OH is 4. The molecule has 0 radical (unpaired) electrons. The molecule has 0 amide bonds. The summed E-state index contributed by atoms with van der Waals surface area (Å²) in [6, 6.07) is 7.11. The van der Waals surface area contributed by atoms with Crippen molar-refractivity contribution in [2.75, 3.05) is 41.3 Å². The molecule has 3 aliphatic heterocycles. The van der Waals surface area contributed by atoms with Gasteiger partial charge in [-0.05, 0) is 41.0 Å². The molecule has 6 rings (SSSR count). The van der Waals surface area contributed by atoms with E-state index in [1.165, 1.54) is 21.3 Å². The first-order valence-electron chi connectivity index (χ1n) is 13.2. The third-order valence-electron chi connectivity index (χ3n) is 8.29. The third kappa shape index (κ3) is 4.44. The van der Waals surface area contributed by atoms with Gasteiger partial charge in [-0.1, -0.05) is 0 Å². The van der Waals surface area contributed by atoms with Crippen molar-refractivity contribution in [1.29, 1.82) is 0 Å². The van der Waals surface area contributed by atoms with Gasteiger partial charge in [0.25, 0.3) is 0 Å². The highest BCUT2D eigenvalue weighted by atomic mass is 16.7. The Bertz CT molecular complexity index is 1290. The molecule has 3 heterocycles. The highest BCUT2D eigenvalue weighted by Gasteiger charge is 2.55. The molecule has 1 unspecified atom stereocenters. The average molecular weight is 577 g/mol. The first-order valence-corrected chi connectivity index (χ1v) is 13.2. The van der Waals surface area contributed by atoms with Gasteiger partial charge in [0.1, 0.15) is 24.4 Å². The van der Waals surface area contributed by atoms with Crippen LogP contribution in [0.15, 0.2) is 24.3 Å². The molecule has 2 aromatic rings. The lowest BCUT2D eigenvalue weighted by Crippen LogP contribution is -2.59. The van der Waals surface area contributed by atoms with Crippen molar-refractivity contribution in [3.05, 3.63) is 41.0 Å². The van der Waals surface area contributed by atoms with Crippen molar-refractivity contribution in [3.8, 4) is 28.7 Å². The Morgan fingerprint density at radius 1 is 0.854 bits per heavy atom. The minimum absolute atomic E-state index is 0.0141. The maximum absolute atomic E-state index is 13.4. The van der Waals surface area contributed by atoms with Crippen molar-refractivity contribution in [2.24, 2.45) is 11.8 Å². The maximum atomic E-state index is 13.4. The number of benzene rings is 2. The number of cyclic esters (lactones) is 1. The number of carbonyl (C=O) groups excluding carboxylic acids is 1. The van der Waals surface area contributed by atoms with E-state index >= 15 is 0 Å². The fraction of sp³-hybridized carbons (Fsp3) is 0.536. The smallest absolute Gasteiger partial charge is 0.310 e. The molecule has 41 heavy (non-hydrogen) atoms. The molecule has 0 aromatic heterocycles. The van der Waals surface area contributed by atoms with Gasteiger partial charge in [-0.3, -0.25) is 4.79 Å². The van der Waals surface area contributed by atoms with Gasteiger partial charge in [-0.2, -0.15) is 0 Å². The normalized spacial score (nSPS) is 33.5. The molecular formula is C28H32O13. The SMILES string of the molecule is COc1cc([C@@H]2c3cc4c(cc3[C@H](OC3O[C@H](CO)[C@@H](O)[C@H](O)[C@H]3O)[C@H]3COC(=O)[C@H]23)OCO4)cc(OC)c1OC. The van der Waals surface area contributed by atoms with Crippen molar-refractivity contribution in [3.63, 3.8) is 0 Å². The van der Waals surface area contributed by atoms with E-state index in [4.69, 9.17) is 37.9 Å². The monoisotopic (exact) mass is 576 g/mol. The second kappa shape index (κ2) is 10.8. The molecule has 4 aliphatic rings. The van der Waals surface area contributed by atoms with E-state index in [2.05, 4.69) is 0 Å². The number of methoxy groups -OCH3 is 3. The second-order valence-corrected chi connectivity index (χ2v) is 10.3. The zero-order chi connectivity index (χ0) is 29.0. The van der Waals surface area contributed by atoms with Crippen LogP contribution in [-0.4, -0.2) is 98.4 Å². The largest absolute Gasteiger partial charge is 0.493 e. The van der Waals surface area contributed by atoms with Crippen molar-refractivity contribution < 1.29 is 63.1 Å². The van der Waals surface area contributed by atoms with Gasteiger partial charge in [0.15, 0.2) is 29.3 Å². The number of hydrogen-bond donors (Lipinski definition) is 4. The van der Waals surface area contributed by atoms with Crippen LogP contribution in [0, 0.1) is 11.8 Å². The summed E-state index contributed by atoms with van der Waals surface area (Å²) in [5.41, 5.74) is 2.00. The molecule has 1 aliphatic carbocycles. The van der Waals surface area contributed by atoms with E-state index in [1.807, 2.05) is 0 Å². The number of carbonyl (C=O) groups is 1. The molecule has 9 atom stereocenters. The summed E-state index contributed by atoms with van der Waals surface area (Å²) in [6.45, 7) is -0.581. The average Bonchev–Trinajstić information content (AvgIpc) is 3.61. The number of esters is 1. The number of fused-ring (bicyclic) bond motifs is 3. The minimum Gasteiger partial charge on any atom is -0.493 e. The molecule has 4 N–H and O–H groups in total. The summed E-state index contributed by atoms with van der Waals surface area (Å²) in [4.78, 5) is 13.4. The van der Waals surface area contributed by atoms with Crippen LogP contribution in [0.25, 0.3) is 0 Å². The Labute approximate surface area is 235 Å². The van der Waals surface area contributed by atoms with Crippen LogP contribution in [0.3, 0.4) is 0 Å². The predicted octanol–water partition coefficient (Wildman–Crippen LogP) is 0.233. The van der Waals surface area contributed by atoms with Gasteiger partial charge in [-0.25, -0.2) is 0 Å². The van der Waals surface area contributed by atoms with Crippen LogP contribution in [-0.2, 0) is 19.0 Å². The summed E-state index contributed by atoms with van der Waals surface area (Å²) in [5.74, 6) is -0.112. The zero-order valence-corrected chi connectivity index (χ0v) is 22.6. The lowest BCUT2D eigenvalue weighted by atomic mass is 9.66. The van der Waals surface area contributed by atoms with Crippen molar-refractivity contribution >= 4 is 5.97 Å². The number of rotatable bonds is 7. The predicted molar refractivity (Wildman–Crippen MR) is 136 cm³/mol. The van der Waals surface area contributed by atoms with Crippen molar-refractivity contribution in [2.45, 2.75) is 42.7 Å². The van der Waals surface area contributed by atoms with Gasteiger partial charge in [0.2, 0.25) is 12.5 Å². The first-order chi connectivity index (χ1) is 19.8. The van der Waals surface area contributed by atoms with Gasteiger partial charge in [0.05, 0.1) is 46.6 Å². The molecule has 0 saturated carbocycles. The van der Waals surface area contributed by atoms with E-state index in [0.29, 0.717) is 45.4 Å². The topological polar surface area (TPSA) is 172 Å². The Balaban J connectivity index is 1.49. The Kier molecular flexibility index (Phi) is 7.34. The van der Waals surface area contributed by atoms with E-state index < -0.39 is 67.1 Å². The lowest BCUT2D eigenvalue weighted by Gasteiger charge is -2.44. The Hall–Kier alpha value is -3.33. The zero-order valence-electron chi connectivity index (χ0n) is 22.6. The first kappa shape index (κ1) is 27.8. The summed E-state index contributed by atoms with van der Waals surface area (Å²) < 4.78 is 45.5. The van der Waals surface area contributed by atoms with E-state index in [1.54, 1.807) is 24.3 Å². The van der Waals surface area contributed by atoms with Gasteiger partial charge in [-0.15, -0.1) is 0 Å². The lowest BCUT2D eigenvalue weighted by molar-refractivity contribution is -0.317. The molecule has 13 nitrogen and oxygen atoms in total. The van der Waals surface area contributed by atoms with Crippen molar-refractivity contribution in [1.82, 2.24) is 0 Å². The van der Waals surface area contributed by atoms with E-state index in [9.17, 15) is 25.2 Å². The van der Waals surface area contributed by atoms with E-state index in [-0.39, 0.29) is 13.4 Å². The summed E-state index contributed by atoms with van der Waals surface area (Å²) in [5, 5.41) is 41.0. The number of hydrogen-bond acceptors (Lipinski definition) is 13. The molecule has 222 valence electrons. The second-order valence-electron chi connectivity index (χ2n) is 10.3. The maximum Gasteiger partial charge on any atom is 0.310 e. The van der Waals surface area contributed by atoms with Crippen LogP contribution in [0.1, 0.15) is 28.7 Å². The standard InChI is InChI=1S/C28H32O13/c1-34-17-4-11(5-18(35-2)26(17)36-3)20-12-6-15-16(39-10-38-15)7-13(12)25(14-9-37-27(33)21(14)20)41-28-24(32)23(31)22(30)19(8-29)40-28/h4-7,14,19-25,28-32H,8-10H2,1-3H3/t14-,19+,20+,21-,22+,23-,24+,25-,28?/m0/s1. The third-order valence-corrected chi connectivity index (χ3v) is 8.29. The van der Waals surface area contributed by atoms with Crippen LogP contribution < -0.4 is 23.7 Å². The van der Waals surface area contributed by atoms with Gasteiger partial charge >= 0.3 is 5.97 Å². The fourth-order valence-electron chi connectivity index (χ4n) is 6.29. The highest BCUT2D eigenvalue weighted by Crippen LogP contribution is 2.57. The Morgan fingerprint density at radius 2 is 1.51 bits per heavy atom. The number of aliphatic hydroxyl groups is 4. The molecule has 2 saturated heterocycles. The Morgan fingerprint density at radius 3 is 2.12 bits per heavy atom. The summed E-state index contributed by atoms with van der Waals surface area (Å²) >= 11 is 0. The minimum atomic E-state index is -1.63. The highest BCUT2D eigenvalue weighted by molar-refractivity contribution is 5.79. The van der Waals surface area contributed by atoms with Crippen LogP contribution in [0.2, 0.25) is 0 Å². The number of ether oxygens (including phenoxy) is 8. The van der Waals surface area contributed by atoms with Crippen LogP contribution in [0.5, 0.6) is 28.7 Å².